The summed E-state index contributed by atoms with van der Waals surface area (Å²) in [6.07, 6.45) is 7.57. The molecule has 0 aromatic carbocycles. The zero-order valence-corrected chi connectivity index (χ0v) is 7.92. The molecule has 0 saturated heterocycles. The molecular weight excluding hydrogens is 152 g/mol. The van der Waals surface area contributed by atoms with E-state index in [1.807, 2.05) is 6.92 Å². The van der Waals surface area contributed by atoms with Gasteiger partial charge in [-0.1, -0.05) is 26.0 Å². The number of hydrogen-bond acceptors (Lipinski definition) is 1. The Hall–Kier alpha value is -0.790. The van der Waals surface area contributed by atoms with Crippen LogP contribution in [0.25, 0.3) is 0 Å². The van der Waals surface area contributed by atoms with Crippen molar-refractivity contribution in [3.8, 4) is 0 Å². The summed E-state index contributed by atoms with van der Waals surface area (Å²) in [6, 6.07) is 0. The van der Waals surface area contributed by atoms with Gasteiger partial charge in [0.2, 0.25) is 0 Å². The highest BCUT2D eigenvalue weighted by atomic mass is 16.4. The van der Waals surface area contributed by atoms with Gasteiger partial charge in [-0.05, 0) is 25.2 Å². The van der Waals surface area contributed by atoms with Crippen molar-refractivity contribution in [1.82, 2.24) is 0 Å². The first-order valence-corrected chi connectivity index (χ1v) is 4.53. The van der Waals surface area contributed by atoms with E-state index in [9.17, 15) is 4.79 Å². The van der Waals surface area contributed by atoms with Gasteiger partial charge in [-0.25, -0.2) is 0 Å². The topological polar surface area (TPSA) is 37.3 Å². The summed E-state index contributed by atoms with van der Waals surface area (Å²) in [5.74, 6) is -0.397. The Kier molecular flexibility index (Phi) is 6.44. The zero-order chi connectivity index (χ0) is 9.40. The van der Waals surface area contributed by atoms with Gasteiger partial charge in [-0.3, -0.25) is 4.79 Å². The summed E-state index contributed by atoms with van der Waals surface area (Å²) in [7, 11) is 0. The molecule has 0 aliphatic carbocycles. The van der Waals surface area contributed by atoms with Gasteiger partial charge in [0.15, 0.2) is 0 Å². The van der Waals surface area contributed by atoms with Gasteiger partial charge < -0.3 is 5.11 Å². The minimum atomic E-state index is -0.693. The molecule has 0 aromatic heterocycles. The van der Waals surface area contributed by atoms with E-state index < -0.39 is 5.97 Å². The van der Waals surface area contributed by atoms with Crippen molar-refractivity contribution in [1.29, 1.82) is 0 Å². The molecule has 0 fully saturated rings. The van der Waals surface area contributed by atoms with Crippen LogP contribution >= 0.6 is 0 Å². The lowest BCUT2D eigenvalue weighted by atomic mass is 10.0. The fraction of sp³-hybridized carbons (Fsp3) is 0.700. The molecule has 12 heavy (non-hydrogen) atoms. The molecule has 70 valence electrons. The van der Waals surface area contributed by atoms with Crippen molar-refractivity contribution in [2.45, 2.75) is 39.5 Å². The average Bonchev–Trinajstić information content (AvgIpc) is 1.97. The van der Waals surface area contributed by atoms with E-state index in [-0.39, 0.29) is 0 Å². The van der Waals surface area contributed by atoms with Crippen LogP contribution in [0, 0.1) is 5.92 Å². The second kappa shape index (κ2) is 6.89. The van der Waals surface area contributed by atoms with Gasteiger partial charge in [-0.2, -0.15) is 0 Å². The molecule has 0 aromatic rings. The summed E-state index contributed by atoms with van der Waals surface area (Å²) in [5.41, 5.74) is 0. The van der Waals surface area contributed by atoms with E-state index in [1.54, 1.807) is 0 Å². The maximum Gasteiger partial charge on any atom is 0.303 e. The fourth-order valence-corrected chi connectivity index (χ4v) is 1.07. The van der Waals surface area contributed by atoms with E-state index in [1.165, 1.54) is 0 Å². The standard InChI is InChI=1S/C10H18O2/c1-3-4-5-6-7-9(2)8-10(11)12/h4-5,9H,3,6-8H2,1-2H3,(H,11,12)/b5-4-. The van der Waals surface area contributed by atoms with Crippen LogP contribution in [0.4, 0.5) is 0 Å². The Morgan fingerprint density at radius 1 is 1.50 bits per heavy atom. The van der Waals surface area contributed by atoms with E-state index >= 15 is 0 Å². The van der Waals surface area contributed by atoms with Gasteiger partial charge in [0, 0.05) is 6.42 Å². The van der Waals surface area contributed by atoms with E-state index in [0.717, 1.165) is 19.3 Å². The van der Waals surface area contributed by atoms with Crippen molar-refractivity contribution < 1.29 is 9.90 Å². The van der Waals surface area contributed by atoms with Crippen molar-refractivity contribution in [2.75, 3.05) is 0 Å². The zero-order valence-electron chi connectivity index (χ0n) is 7.92. The molecule has 2 heteroatoms. The number of allylic oxidation sites excluding steroid dienone is 2. The summed E-state index contributed by atoms with van der Waals surface area (Å²) in [4.78, 5) is 10.3. The number of carboxylic acid groups (broad SMARTS) is 1. The van der Waals surface area contributed by atoms with Gasteiger partial charge in [0.05, 0.1) is 0 Å². The molecule has 0 radical (unpaired) electrons. The molecule has 0 heterocycles. The monoisotopic (exact) mass is 170 g/mol. The molecule has 0 aliphatic rings. The summed E-state index contributed by atoms with van der Waals surface area (Å²) in [6.45, 7) is 4.07. The Morgan fingerprint density at radius 2 is 2.17 bits per heavy atom. The molecule has 1 atom stereocenters. The first kappa shape index (κ1) is 11.2. The highest BCUT2D eigenvalue weighted by molar-refractivity contribution is 5.66. The lowest BCUT2D eigenvalue weighted by Crippen LogP contribution is -2.03. The molecule has 1 N–H and O–H groups in total. The van der Waals surface area contributed by atoms with Gasteiger partial charge in [0.25, 0.3) is 0 Å². The Labute approximate surface area is 74.3 Å². The van der Waals surface area contributed by atoms with Crippen LogP contribution in [0.2, 0.25) is 0 Å². The average molecular weight is 170 g/mol. The van der Waals surface area contributed by atoms with Gasteiger partial charge in [0.1, 0.15) is 0 Å². The van der Waals surface area contributed by atoms with E-state index in [0.29, 0.717) is 12.3 Å². The number of aliphatic carboxylic acids is 1. The minimum Gasteiger partial charge on any atom is -0.481 e. The third-order valence-corrected chi connectivity index (χ3v) is 1.75. The second-order valence-electron chi connectivity index (χ2n) is 3.16. The molecule has 0 amide bonds. The largest absolute Gasteiger partial charge is 0.481 e. The van der Waals surface area contributed by atoms with Crippen molar-refractivity contribution in [2.24, 2.45) is 5.92 Å². The predicted molar refractivity (Wildman–Crippen MR) is 50.1 cm³/mol. The highest BCUT2D eigenvalue weighted by Gasteiger charge is 2.05. The van der Waals surface area contributed by atoms with Crippen LogP contribution in [0.5, 0.6) is 0 Å². The summed E-state index contributed by atoms with van der Waals surface area (Å²) < 4.78 is 0. The second-order valence-corrected chi connectivity index (χ2v) is 3.16. The lowest BCUT2D eigenvalue weighted by Gasteiger charge is -2.04. The fourth-order valence-electron chi connectivity index (χ4n) is 1.07. The molecule has 0 saturated carbocycles. The lowest BCUT2D eigenvalue weighted by molar-refractivity contribution is -0.138. The molecule has 0 rings (SSSR count). The first-order chi connectivity index (χ1) is 5.66. The Balaban J connectivity index is 3.37. The smallest absolute Gasteiger partial charge is 0.303 e. The predicted octanol–water partition coefficient (Wildman–Crippen LogP) is 2.84. The van der Waals surface area contributed by atoms with Crippen LogP contribution in [-0.4, -0.2) is 11.1 Å². The van der Waals surface area contributed by atoms with Crippen molar-refractivity contribution in [3.63, 3.8) is 0 Å². The van der Waals surface area contributed by atoms with Crippen molar-refractivity contribution >= 4 is 5.97 Å². The number of carbonyl (C=O) groups is 1. The number of hydrogen-bond donors (Lipinski definition) is 1. The quantitative estimate of drug-likeness (QED) is 0.622. The molecular formula is C10H18O2. The van der Waals surface area contributed by atoms with Crippen LogP contribution in [-0.2, 0) is 4.79 Å². The molecule has 0 aliphatic heterocycles. The maximum absolute atomic E-state index is 10.3. The van der Waals surface area contributed by atoms with E-state index in [2.05, 4.69) is 19.1 Å². The number of carboxylic acids is 1. The molecule has 2 nitrogen and oxygen atoms in total. The highest BCUT2D eigenvalue weighted by Crippen LogP contribution is 2.10. The summed E-state index contributed by atoms with van der Waals surface area (Å²) >= 11 is 0. The normalized spacial score (nSPS) is 13.5. The van der Waals surface area contributed by atoms with E-state index in [4.69, 9.17) is 5.11 Å². The third kappa shape index (κ3) is 7.32. The summed E-state index contributed by atoms with van der Waals surface area (Å²) in [5, 5.41) is 8.47. The Morgan fingerprint density at radius 3 is 2.67 bits per heavy atom. The third-order valence-electron chi connectivity index (χ3n) is 1.75. The minimum absolute atomic E-state index is 0.292. The van der Waals surface area contributed by atoms with Crippen molar-refractivity contribution in [3.05, 3.63) is 12.2 Å². The van der Waals surface area contributed by atoms with Crippen LogP contribution in [0.1, 0.15) is 39.5 Å². The van der Waals surface area contributed by atoms with Crippen LogP contribution < -0.4 is 0 Å². The SMILES string of the molecule is CC/C=C\CCC(C)CC(=O)O. The van der Waals surface area contributed by atoms with Crippen LogP contribution in [0.15, 0.2) is 12.2 Å². The van der Waals surface area contributed by atoms with Gasteiger partial charge >= 0.3 is 5.97 Å². The Bertz CT molecular complexity index is 150. The first-order valence-electron chi connectivity index (χ1n) is 4.53. The maximum atomic E-state index is 10.3. The molecule has 0 spiro atoms. The van der Waals surface area contributed by atoms with Gasteiger partial charge in [-0.15, -0.1) is 0 Å². The van der Waals surface area contributed by atoms with Crippen LogP contribution in [0.3, 0.4) is 0 Å². The molecule has 0 bridgehead atoms. The molecule has 1 unspecified atom stereocenters. The number of rotatable bonds is 6.